The zero-order valence-electron chi connectivity index (χ0n) is 12.4. The van der Waals surface area contributed by atoms with Crippen LogP contribution in [-0.2, 0) is 0 Å². The molecule has 3 nitrogen and oxygen atoms in total. The Morgan fingerprint density at radius 2 is 2.00 bits per heavy atom. The third-order valence-electron chi connectivity index (χ3n) is 4.49. The second-order valence-electron chi connectivity index (χ2n) is 5.96. The van der Waals surface area contributed by atoms with Crippen molar-refractivity contribution in [1.82, 2.24) is 10.2 Å². The first-order valence-corrected chi connectivity index (χ1v) is 7.67. The van der Waals surface area contributed by atoms with E-state index in [0.717, 1.165) is 32.6 Å². The second kappa shape index (κ2) is 6.28. The molecule has 0 spiro atoms. The molecule has 5 heteroatoms. The van der Waals surface area contributed by atoms with E-state index in [9.17, 15) is 8.78 Å². The minimum atomic E-state index is -0.540. The van der Waals surface area contributed by atoms with Crippen molar-refractivity contribution in [3.63, 3.8) is 0 Å². The fourth-order valence-electron chi connectivity index (χ4n) is 3.13. The predicted octanol–water partition coefficient (Wildman–Crippen LogP) is 2.72. The molecule has 21 heavy (non-hydrogen) atoms. The van der Waals surface area contributed by atoms with Crippen LogP contribution in [-0.4, -0.2) is 38.2 Å². The Kier molecular flexibility index (Phi) is 4.40. The van der Waals surface area contributed by atoms with Crippen LogP contribution in [0.2, 0.25) is 0 Å². The van der Waals surface area contributed by atoms with Crippen LogP contribution in [0.4, 0.5) is 8.78 Å². The second-order valence-corrected chi connectivity index (χ2v) is 5.96. The van der Waals surface area contributed by atoms with Gasteiger partial charge in [0.1, 0.15) is 5.82 Å². The predicted molar refractivity (Wildman–Crippen MR) is 77.4 cm³/mol. The standard InChI is InChI=1S/C16H22F2N2O/c1-21-14-5-4-12(17)15(16(14)18)13(10-11-2-3-11)20-8-6-19-7-9-20/h4-5,11,13,19H,2-3,6-10H2,1H3/t13-/m0/s1. The lowest BCUT2D eigenvalue weighted by atomic mass is 9.97. The molecule has 0 radical (unpaired) electrons. The van der Waals surface area contributed by atoms with Crippen LogP contribution in [0.1, 0.15) is 30.9 Å². The van der Waals surface area contributed by atoms with Crippen LogP contribution in [0.15, 0.2) is 12.1 Å². The Morgan fingerprint density at radius 3 is 2.62 bits per heavy atom. The average Bonchev–Trinajstić information content (AvgIpc) is 3.31. The Labute approximate surface area is 124 Å². The molecule has 1 aromatic rings. The lowest BCUT2D eigenvalue weighted by Crippen LogP contribution is -2.45. The molecule has 2 fully saturated rings. The molecule has 2 aliphatic rings. The fraction of sp³-hybridized carbons (Fsp3) is 0.625. The third kappa shape index (κ3) is 3.19. The van der Waals surface area contributed by atoms with E-state index in [1.807, 2.05) is 0 Å². The lowest BCUT2D eigenvalue weighted by Gasteiger charge is -2.35. The number of hydrogen-bond donors (Lipinski definition) is 1. The molecule has 116 valence electrons. The third-order valence-corrected chi connectivity index (χ3v) is 4.49. The van der Waals surface area contributed by atoms with Crippen molar-refractivity contribution >= 4 is 0 Å². The van der Waals surface area contributed by atoms with E-state index in [0.29, 0.717) is 5.92 Å². The van der Waals surface area contributed by atoms with Crippen molar-refractivity contribution in [3.8, 4) is 5.75 Å². The maximum Gasteiger partial charge on any atom is 0.172 e. The Balaban J connectivity index is 1.94. The molecule has 1 atom stereocenters. The minimum absolute atomic E-state index is 0.127. The number of nitrogens with one attached hydrogen (secondary N) is 1. The number of benzene rings is 1. The van der Waals surface area contributed by atoms with Crippen LogP contribution >= 0.6 is 0 Å². The molecule has 1 aliphatic carbocycles. The summed E-state index contributed by atoms with van der Waals surface area (Å²) >= 11 is 0. The molecule has 0 unspecified atom stereocenters. The quantitative estimate of drug-likeness (QED) is 0.904. The Hall–Kier alpha value is -1.20. The molecule has 1 saturated carbocycles. The first-order valence-electron chi connectivity index (χ1n) is 7.67. The molecule has 1 aromatic carbocycles. The van der Waals surface area contributed by atoms with E-state index in [1.54, 1.807) is 0 Å². The number of nitrogens with zero attached hydrogens (tertiary/aromatic N) is 1. The Bertz CT molecular complexity index is 499. The van der Waals surface area contributed by atoms with E-state index in [4.69, 9.17) is 4.74 Å². The van der Waals surface area contributed by atoms with Crippen molar-refractivity contribution in [2.75, 3.05) is 33.3 Å². The number of halogens is 2. The monoisotopic (exact) mass is 296 g/mol. The van der Waals surface area contributed by atoms with Crippen molar-refractivity contribution in [2.45, 2.75) is 25.3 Å². The van der Waals surface area contributed by atoms with E-state index >= 15 is 0 Å². The topological polar surface area (TPSA) is 24.5 Å². The van der Waals surface area contributed by atoms with Crippen LogP contribution in [0, 0.1) is 17.6 Å². The normalized spacial score (nSPS) is 21.3. The summed E-state index contributed by atoms with van der Waals surface area (Å²) in [5.74, 6) is -0.267. The van der Waals surface area contributed by atoms with Crippen LogP contribution in [0.3, 0.4) is 0 Å². The molecular weight excluding hydrogens is 274 g/mol. The zero-order valence-corrected chi connectivity index (χ0v) is 12.4. The smallest absolute Gasteiger partial charge is 0.172 e. The molecule has 0 bridgehead atoms. The van der Waals surface area contributed by atoms with Crippen molar-refractivity contribution in [2.24, 2.45) is 5.92 Å². The van der Waals surface area contributed by atoms with Gasteiger partial charge in [0, 0.05) is 37.8 Å². The molecule has 1 aliphatic heterocycles. The summed E-state index contributed by atoms with van der Waals surface area (Å²) in [5.41, 5.74) is 0.183. The highest BCUT2D eigenvalue weighted by atomic mass is 19.1. The summed E-state index contributed by atoms with van der Waals surface area (Å²) in [6.45, 7) is 3.39. The van der Waals surface area contributed by atoms with E-state index in [1.165, 1.54) is 32.1 Å². The molecule has 0 aromatic heterocycles. The van der Waals surface area contributed by atoms with Gasteiger partial charge in [-0.15, -0.1) is 0 Å². The number of methoxy groups -OCH3 is 1. The highest BCUT2D eigenvalue weighted by Gasteiger charge is 2.34. The first kappa shape index (κ1) is 14.7. The van der Waals surface area contributed by atoms with Gasteiger partial charge in [-0.05, 0) is 24.5 Å². The fourth-order valence-corrected chi connectivity index (χ4v) is 3.13. The van der Waals surface area contributed by atoms with Crippen molar-refractivity contribution in [1.29, 1.82) is 0 Å². The van der Waals surface area contributed by atoms with Gasteiger partial charge in [0.25, 0.3) is 0 Å². The summed E-state index contributed by atoms with van der Waals surface area (Å²) in [5, 5.41) is 3.29. The van der Waals surface area contributed by atoms with Gasteiger partial charge < -0.3 is 10.1 Å². The van der Waals surface area contributed by atoms with Gasteiger partial charge in [0.05, 0.1) is 7.11 Å². The average molecular weight is 296 g/mol. The highest BCUT2D eigenvalue weighted by molar-refractivity contribution is 5.34. The largest absolute Gasteiger partial charge is 0.494 e. The van der Waals surface area contributed by atoms with Gasteiger partial charge in [-0.2, -0.15) is 0 Å². The van der Waals surface area contributed by atoms with Gasteiger partial charge in [-0.25, -0.2) is 8.78 Å². The van der Waals surface area contributed by atoms with E-state index in [-0.39, 0.29) is 17.4 Å². The molecular formula is C16H22F2N2O. The molecule has 0 amide bonds. The molecule has 1 saturated heterocycles. The van der Waals surface area contributed by atoms with Crippen LogP contribution in [0.25, 0.3) is 0 Å². The van der Waals surface area contributed by atoms with Gasteiger partial charge in [-0.3, -0.25) is 4.90 Å². The number of rotatable bonds is 5. The number of piperazine rings is 1. The van der Waals surface area contributed by atoms with Gasteiger partial charge in [-0.1, -0.05) is 12.8 Å². The zero-order chi connectivity index (χ0) is 14.8. The summed E-state index contributed by atoms with van der Waals surface area (Å²) in [6.07, 6.45) is 3.19. The number of hydrogen-bond acceptors (Lipinski definition) is 3. The van der Waals surface area contributed by atoms with E-state index in [2.05, 4.69) is 10.2 Å². The summed E-state index contributed by atoms with van der Waals surface area (Å²) in [7, 11) is 1.42. The SMILES string of the molecule is COc1ccc(F)c([C@H](CC2CC2)N2CCNCC2)c1F. The van der Waals surface area contributed by atoms with Crippen molar-refractivity contribution in [3.05, 3.63) is 29.3 Å². The van der Waals surface area contributed by atoms with E-state index < -0.39 is 11.6 Å². The molecule has 3 rings (SSSR count). The van der Waals surface area contributed by atoms with Crippen LogP contribution in [0.5, 0.6) is 5.75 Å². The summed E-state index contributed by atoms with van der Waals surface area (Å²) < 4.78 is 33.9. The Morgan fingerprint density at radius 1 is 1.29 bits per heavy atom. The summed E-state index contributed by atoms with van der Waals surface area (Å²) in [4.78, 5) is 2.20. The van der Waals surface area contributed by atoms with Gasteiger partial charge in [0.2, 0.25) is 0 Å². The maximum atomic E-state index is 14.6. The van der Waals surface area contributed by atoms with Gasteiger partial charge >= 0.3 is 0 Å². The number of ether oxygens (including phenoxy) is 1. The molecule has 1 N–H and O–H groups in total. The maximum absolute atomic E-state index is 14.6. The van der Waals surface area contributed by atoms with Crippen LogP contribution < -0.4 is 10.1 Å². The highest BCUT2D eigenvalue weighted by Crippen LogP contribution is 2.42. The van der Waals surface area contributed by atoms with Crippen molar-refractivity contribution < 1.29 is 13.5 Å². The van der Waals surface area contributed by atoms with Gasteiger partial charge in [0.15, 0.2) is 11.6 Å². The minimum Gasteiger partial charge on any atom is -0.494 e. The molecule has 1 heterocycles. The lowest BCUT2D eigenvalue weighted by molar-refractivity contribution is 0.153. The summed E-state index contributed by atoms with van der Waals surface area (Å²) in [6, 6.07) is 2.49. The first-order chi connectivity index (χ1) is 10.2.